The first-order chi connectivity index (χ1) is 15.5. The smallest absolute Gasteiger partial charge is 0.352 e. The largest absolute Gasteiger partial charge is 0.477 e. The fourth-order valence-electron chi connectivity index (χ4n) is 3.18. The predicted molar refractivity (Wildman–Crippen MR) is 130 cm³/mol. The molecule has 160 valence electrons. The summed E-state index contributed by atoms with van der Waals surface area (Å²) in [6, 6.07) is 22.2. The Balaban J connectivity index is 1.46. The zero-order chi connectivity index (χ0) is 22.5. The Morgan fingerprint density at radius 1 is 1.00 bits per heavy atom. The highest BCUT2D eigenvalue weighted by Crippen LogP contribution is 2.29. The average Bonchev–Trinajstić information content (AvgIpc) is 3.26. The maximum Gasteiger partial charge on any atom is 0.352 e. The van der Waals surface area contributed by atoms with Crippen molar-refractivity contribution in [2.24, 2.45) is 0 Å². The fraction of sp³-hybridized carbons (Fsp3) is 0.0400. The zero-order valence-electron chi connectivity index (χ0n) is 16.7. The number of hydrogen-bond acceptors (Lipinski definition) is 4. The van der Waals surface area contributed by atoms with Crippen molar-refractivity contribution in [3.05, 3.63) is 99.5 Å². The van der Waals surface area contributed by atoms with Gasteiger partial charge in [0.05, 0.1) is 10.9 Å². The van der Waals surface area contributed by atoms with Gasteiger partial charge in [-0.1, -0.05) is 36.4 Å². The minimum absolute atomic E-state index is 0.0947. The van der Waals surface area contributed by atoms with Crippen LogP contribution in [0.3, 0.4) is 0 Å². The number of carbonyl (C=O) groups excluding carboxylic acids is 1. The van der Waals surface area contributed by atoms with E-state index < -0.39 is 5.97 Å². The summed E-state index contributed by atoms with van der Waals surface area (Å²) in [7, 11) is 0. The Kier molecular flexibility index (Phi) is 6.68. The van der Waals surface area contributed by atoms with Crippen molar-refractivity contribution in [3.8, 4) is 11.5 Å². The van der Waals surface area contributed by atoms with Gasteiger partial charge in [0.15, 0.2) is 0 Å². The second kappa shape index (κ2) is 9.80. The van der Waals surface area contributed by atoms with Crippen molar-refractivity contribution >= 4 is 55.3 Å². The van der Waals surface area contributed by atoms with E-state index in [4.69, 9.17) is 4.74 Å². The molecule has 4 aromatic rings. The van der Waals surface area contributed by atoms with Crippen LogP contribution in [-0.4, -0.2) is 17.0 Å². The van der Waals surface area contributed by atoms with Crippen molar-refractivity contribution in [1.82, 2.24) is 5.32 Å². The maximum absolute atomic E-state index is 12.5. The van der Waals surface area contributed by atoms with Crippen LogP contribution in [0.5, 0.6) is 11.5 Å². The number of ether oxygens (including phenoxy) is 1. The van der Waals surface area contributed by atoms with Crippen molar-refractivity contribution in [2.75, 3.05) is 0 Å². The summed E-state index contributed by atoms with van der Waals surface area (Å²) < 4.78 is 7.75. The molecule has 2 N–H and O–H groups in total. The molecular weight excluding hydrogens is 490 g/mol. The molecule has 0 unspecified atom stereocenters. The molecule has 0 spiro atoms. The third-order valence-electron chi connectivity index (χ3n) is 4.70. The monoisotopic (exact) mass is 507 g/mol. The molecule has 0 fully saturated rings. The van der Waals surface area contributed by atoms with E-state index in [1.54, 1.807) is 35.6 Å². The van der Waals surface area contributed by atoms with Crippen LogP contribution in [0.25, 0.3) is 16.2 Å². The number of carboxylic acid groups (broad SMARTS) is 1. The Morgan fingerprint density at radius 2 is 1.78 bits per heavy atom. The van der Waals surface area contributed by atoms with Gasteiger partial charge in [0.25, 0.3) is 0 Å². The number of nitrogens with one attached hydrogen (secondary N) is 1. The van der Waals surface area contributed by atoms with E-state index in [9.17, 15) is 14.7 Å². The van der Waals surface area contributed by atoms with Gasteiger partial charge >= 0.3 is 5.97 Å². The van der Waals surface area contributed by atoms with Gasteiger partial charge < -0.3 is 15.2 Å². The molecule has 0 saturated heterocycles. The molecule has 5 nitrogen and oxygen atoms in total. The molecule has 0 saturated carbocycles. The summed E-state index contributed by atoms with van der Waals surface area (Å²) in [5.74, 6) is -0.305. The lowest BCUT2D eigenvalue weighted by Crippen LogP contribution is -2.28. The van der Waals surface area contributed by atoms with Gasteiger partial charge in [-0.25, -0.2) is 4.79 Å². The molecular formula is C25H18BrNO4S. The van der Waals surface area contributed by atoms with Gasteiger partial charge in [0, 0.05) is 4.70 Å². The average molecular weight is 508 g/mol. The Morgan fingerprint density at radius 3 is 2.53 bits per heavy atom. The quantitative estimate of drug-likeness (QED) is 0.290. The number of benzene rings is 3. The van der Waals surface area contributed by atoms with Crippen LogP contribution in [-0.2, 0) is 16.0 Å². The van der Waals surface area contributed by atoms with E-state index >= 15 is 0 Å². The van der Waals surface area contributed by atoms with Crippen molar-refractivity contribution in [1.29, 1.82) is 0 Å². The zero-order valence-corrected chi connectivity index (χ0v) is 19.2. The number of hydrogen-bond donors (Lipinski definition) is 2. The van der Waals surface area contributed by atoms with E-state index in [1.807, 2.05) is 53.9 Å². The van der Waals surface area contributed by atoms with Crippen LogP contribution in [0, 0.1) is 0 Å². The molecule has 0 radical (unpaired) electrons. The number of rotatable bonds is 7. The lowest BCUT2D eigenvalue weighted by Gasteiger charge is -2.09. The number of fused-ring (bicyclic) bond motifs is 1. The molecule has 1 amide bonds. The Bertz CT molecular complexity index is 1310. The van der Waals surface area contributed by atoms with Crippen LogP contribution in [0.15, 0.2) is 88.3 Å². The van der Waals surface area contributed by atoms with Gasteiger partial charge in [-0.2, -0.15) is 0 Å². The maximum atomic E-state index is 12.5. The standard InChI is InChI=1S/C25H18BrNO4S/c26-20-5-1-2-6-22(20)31-18-10-8-16(9-11-18)14-21(25(29)30)27-24(28)15-17-4-3-7-23-19(17)12-13-32-23/h1-14H,15H2,(H,27,28)(H,29,30)/b21-14-. The van der Waals surface area contributed by atoms with E-state index in [2.05, 4.69) is 21.2 Å². The number of carboxylic acids is 1. The molecule has 1 aromatic heterocycles. The van der Waals surface area contributed by atoms with E-state index in [0.29, 0.717) is 17.1 Å². The molecule has 3 aromatic carbocycles. The molecule has 0 aliphatic rings. The number of thiophene rings is 1. The highest BCUT2D eigenvalue weighted by Gasteiger charge is 2.14. The molecule has 0 bridgehead atoms. The van der Waals surface area contributed by atoms with Crippen molar-refractivity contribution in [2.45, 2.75) is 6.42 Å². The number of aliphatic carboxylic acids is 1. The van der Waals surface area contributed by atoms with Crippen LogP contribution in [0.4, 0.5) is 0 Å². The van der Waals surface area contributed by atoms with Crippen molar-refractivity contribution in [3.63, 3.8) is 0 Å². The first-order valence-corrected chi connectivity index (χ1v) is 11.4. The molecule has 0 atom stereocenters. The number of carbonyl (C=O) groups is 2. The van der Waals surface area contributed by atoms with E-state index in [1.165, 1.54) is 6.08 Å². The minimum atomic E-state index is -1.21. The first-order valence-electron chi connectivity index (χ1n) is 9.72. The predicted octanol–water partition coefficient (Wildman–Crippen LogP) is 6.24. The van der Waals surface area contributed by atoms with Gasteiger partial charge in [0.2, 0.25) is 5.91 Å². The summed E-state index contributed by atoms with van der Waals surface area (Å²) in [5, 5.41) is 15.1. The fourth-order valence-corrected chi connectivity index (χ4v) is 4.38. The third kappa shape index (κ3) is 5.25. The summed E-state index contributed by atoms with van der Waals surface area (Å²) in [6.07, 6.45) is 1.52. The molecule has 4 rings (SSSR count). The summed E-state index contributed by atoms with van der Waals surface area (Å²) in [4.78, 5) is 24.2. The number of halogens is 1. The molecule has 7 heteroatoms. The molecule has 32 heavy (non-hydrogen) atoms. The van der Waals surface area contributed by atoms with Gasteiger partial charge in [-0.05, 0) is 80.3 Å². The van der Waals surface area contributed by atoms with E-state index in [0.717, 1.165) is 20.1 Å². The second-order valence-electron chi connectivity index (χ2n) is 6.94. The van der Waals surface area contributed by atoms with Crippen molar-refractivity contribution < 1.29 is 19.4 Å². The normalized spacial score (nSPS) is 11.3. The summed E-state index contributed by atoms with van der Waals surface area (Å²) in [5.41, 5.74) is 1.30. The lowest BCUT2D eigenvalue weighted by molar-refractivity contribution is -0.134. The minimum Gasteiger partial charge on any atom is -0.477 e. The third-order valence-corrected chi connectivity index (χ3v) is 6.23. The van der Waals surface area contributed by atoms with Crippen LogP contribution in [0.1, 0.15) is 11.1 Å². The molecule has 0 aliphatic carbocycles. The van der Waals surface area contributed by atoms with Crippen LogP contribution in [0.2, 0.25) is 0 Å². The van der Waals surface area contributed by atoms with Gasteiger partial charge in [0.1, 0.15) is 17.2 Å². The topological polar surface area (TPSA) is 75.6 Å². The molecule has 0 aliphatic heterocycles. The second-order valence-corrected chi connectivity index (χ2v) is 8.74. The highest BCUT2D eigenvalue weighted by molar-refractivity contribution is 9.10. The van der Waals surface area contributed by atoms with Gasteiger partial charge in [-0.15, -0.1) is 11.3 Å². The Labute approximate surface area is 197 Å². The highest BCUT2D eigenvalue weighted by atomic mass is 79.9. The number of amides is 1. The van der Waals surface area contributed by atoms with E-state index in [-0.39, 0.29) is 18.0 Å². The number of para-hydroxylation sites is 1. The summed E-state index contributed by atoms with van der Waals surface area (Å²) >= 11 is 5.04. The first kappa shape index (κ1) is 21.8. The summed E-state index contributed by atoms with van der Waals surface area (Å²) in [6.45, 7) is 0. The van der Waals surface area contributed by atoms with Crippen LogP contribution >= 0.6 is 27.3 Å². The Hall–Kier alpha value is -3.42. The van der Waals surface area contributed by atoms with Crippen LogP contribution < -0.4 is 10.1 Å². The SMILES string of the molecule is O=C(Cc1cccc2sccc12)N/C(=C\c1ccc(Oc2ccccc2Br)cc1)C(=O)O. The molecule has 1 heterocycles. The van der Waals surface area contributed by atoms with Gasteiger partial charge in [-0.3, -0.25) is 4.79 Å². The lowest BCUT2D eigenvalue weighted by atomic mass is 10.1.